The molecule has 0 saturated carbocycles. The fraction of sp³-hybridized carbons (Fsp3) is 0.778. The summed E-state index contributed by atoms with van der Waals surface area (Å²) in [6.45, 7) is 1.95. The van der Waals surface area contributed by atoms with E-state index < -0.39 is 23.9 Å². The molecule has 229 valence electrons. The van der Waals surface area contributed by atoms with Gasteiger partial charge in [-0.25, -0.2) is 4.79 Å². The number of unbranched alkanes of at least 4 members (excludes halogenated alkanes) is 7. The van der Waals surface area contributed by atoms with Crippen LogP contribution in [0.3, 0.4) is 0 Å². The third kappa shape index (κ3) is 25.2. The van der Waals surface area contributed by atoms with Gasteiger partial charge in [-0.3, -0.25) is 24.0 Å². The first-order valence-electron chi connectivity index (χ1n) is 14.0. The van der Waals surface area contributed by atoms with E-state index in [-0.39, 0.29) is 57.1 Å². The Balaban J connectivity index is 3.49. The minimum absolute atomic E-state index is 0.00000485. The van der Waals surface area contributed by atoms with Crippen LogP contribution in [-0.2, 0) is 38.2 Å². The van der Waals surface area contributed by atoms with Crippen molar-refractivity contribution in [1.82, 2.24) is 16.0 Å². The molecule has 0 aliphatic heterocycles. The Morgan fingerprint density at radius 2 is 1.10 bits per heavy atom. The zero-order valence-electron chi connectivity index (χ0n) is 23.4. The van der Waals surface area contributed by atoms with E-state index in [0.29, 0.717) is 32.8 Å². The summed E-state index contributed by atoms with van der Waals surface area (Å²) in [6, 6.07) is -1.19. The summed E-state index contributed by atoms with van der Waals surface area (Å²) < 4.78 is 10.7. The average molecular weight is 573 g/mol. The number of hydrogen-bond donors (Lipinski definition) is 5. The summed E-state index contributed by atoms with van der Waals surface area (Å²) in [5.41, 5.74) is 0. The minimum atomic E-state index is -1.25. The molecule has 1 unspecified atom stereocenters. The molecule has 0 fully saturated rings. The lowest BCUT2D eigenvalue weighted by atomic mass is 10.1. The molecule has 0 bridgehead atoms. The predicted molar refractivity (Wildman–Crippen MR) is 145 cm³/mol. The van der Waals surface area contributed by atoms with Crippen LogP contribution in [-0.4, -0.2) is 91.7 Å². The van der Waals surface area contributed by atoms with E-state index in [1.807, 2.05) is 0 Å². The van der Waals surface area contributed by atoms with E-state index in [4.69, 9.17) is 19.7 Å². The highest BCUT2D eigenvalue weighted by atomic mass is 16.5. The van der Waals surface area contributed by atoms with Gasteiger partial charge in [0.25, 0.3) is 0 Å². The molecular weight excluding hydrogens is 526 g/mol. The maximum Gasteiger partial charge on any atom is 0.326 e. The number of nitrogens with one attached hydrogen (secondary N) is 3. The Bertz CT molecular complexity index is 748. The van der Waals surface area contributed by atoms with Crippen LogP contribution in [0.15, 0.2) is 0 Å². The highest BCUT2D eigenvalue weighted by Crippen LogP contribution is 2.10. The van der Waals surface area contributed by atoms with Crippen LogP contribution >= 0.6 is 0 Å². The largest absolute Gasteiger partial charge is 0.481 e. The average Bonchev–Trinajstić information content (AvgIpc) is 2.91. The van der Waals surface area contributed by atoms with E-state index in [1.165, 1.54) is 0 Å². The molecule has 0 spiro atoms. The molecule has 0 aromatic rings. The van der Waals surface area contributed by atoms with E-state index in [0.717, 1.165) is 51.4 Å². The third-order valence-electron chi connectivity index (χ3n) is 5.80. The summed E-state index contributed by atoms with van der Waals surface area (Å²) in [4.78, 5) is 67.1. The quantitative estimate of drug-likeness (QED) is 0.0856. The van der Waals surface area contributed by atoms with Crippen LogP contribution in [0, 0.1) is 0 Å². The molecule has 1 radical (unpaired) electrons. The summed E-state index contributed by atoms with van der Waals surface area (Å²) in [7, 11) is 0. The molecule has 0 rings (SSSR count). The number of rotatable bonds is 28. The Morgan fingerprint density at radius 3 is 1.60 bits per heavy atom. The van der Waals surface area contributed by atoms with Crippen molar-refractivity contribution in [3.05, 3.63) is 0 Å². The van der Waals surface area contributed by atoms with Gasteiger partial charge in [0.2, 0.25) is 17.7 Å². The van der Waals surface area contributed by atoms with Gasteiger partial charge >= 0.3 is 11.9 Å². The lowest BCUT2D eigenvalue weighted by molar-refractivity contribution is -0.142. The van der Waals surface area contributed by atoms with Crippen molar-refractivity contribution in [3.8, 4) is 0 Å². The topological polar surface area (TPSA) is 197 Å². The molecule has 0 aromatic heterocycles. The van der Waals surface area contributed by atoms with Crippen molar-refractivity contribution >= 4 is 35.9 Å². The second-order valence-electron chi connectivity index (χ2n) is 9.29. The first-order chi connectivity index (χ1) is 19.3. The maximum atomic E-state index is 11.8. The van der Waals surface area contributed by atoms with E-state index in [9.17, 15) is 28.8 Å². The van der Waals surface area contributed by atoms with Gasteiger partial charge in [-0.1, -0.05) is 38.5 Å². The van der Waals surface area contributed by atoms with Crippen LogP contribution in [0.25, 0.3) is 0 Å². The first-order valence-corrected chi connectivity index (χ1v) is 14.0. The number of carboxylic acid groups (broad SMARTS) is 2. The number of amides is 3. The number of ether oxygens (including phenoxy) is 2. The molecule has 13 heteroatoms. The molecule has 0 heterocycles. The molecule has 0 aliphatic rings. The Hall–Kier alpha value is -3.06. The maximum absolute atomic E-state index is 11.8. The lowest BCUT2D eigenvalue weighted by Gasteiger charge is -2.13. The van der Waals surface area contributed by atoms with Crippen molar-refractivity contribution in [2.75, 3.05) is 39.5 Å². The van der Waals surface area contributed by atoms with Crippen molar-refractivity contribution in [2.24, 2.45) is 0 Å². The van der Waals surface area contributed by atoms with Crippen molar-refractivity contribution < 1.29 is 48.5 Å². The van der Waals surface area contributed by atoms with Gasteiger partial charge in [0, 0.05) is 45.2 Å². The molecule has 1 atom stereocenters. The van der Waals surface area contributed by atoms with Gasteiger partial charge in [-0.05, 0) is 19.3 Å². The van der Waals surface area contributed by atoms with Gasteiger partial charge in [0.1, 0.15) is 6.04 Å². The van der Waals surface area contributed by atoms with Gasteiger partial charge in [-0.15, -0.1) is 0 Å². The number of aliphatic carboxylic acids is 2. The number of carbonyl (C=O) groups excluding carboxylic acids is 4. The molecule has 13 nitrogen and oxygen atoms in total. The van der Waals surface area contributed by atoms with E-state index in [1.54, 1.807) is 6.29 Å². The van der Waals surface area contributed by atoms with Crippen LogP contribution in [0.5, 0.6) is 0 Å². The second kappa shape index (κ2) is 26.2. The molecule has 3 amide bonds. The van der Waals surface area contributed by atoms with Gasteiger partial charge < -0.3 is 35.6 Å². The van der Waals surface area contributed by atoms with Crippen molar-refractivity contribution in [3.63, 3.8) is 0 Å². The SMILES string of the molecule is O=[C]CCC(NC(=O)CCC(=O)NCCOCCOCCNC(=O)CCCCCCCCCCC(=O)O)C(=O)O. The fourth-order valence-corrected chi connectivity index (χ4v) is 3.60. The highest BCUT2D eigenvalue weighted by Gasteiger charge is 2.19. The smallest absolute Gasteiger partial charge is 0.326 e. The summed E-state index contributed by atoms with van der Waals surface area (Å²) in [5, 5.41) is 25.3. The number of carbonyl (C=O) groups is 5. The molecule has 5 N–H and O–H groups in total. The fourth-order valence-electron chi connectivity index (χ4n) is 3.60. The Morgan fingerprint density at radius 1 is 0.625 bits per heavy atom. The zero-order valence-corrected chi connectivity index (χ0v) is 23.4. The van der Waals surface area contributed by atoms with Crippen molar-refractivity contribution in [1.29, 1.82) is 0 Å². The normalized spacial score (nSPS) is 11.4. The number of carboxylic acids is 2. The van der Waals surface area contributed by atoms with Gasteiger partial charge in [0.05, 0.1) is 26.4 Å². The van der Waals surface area contributed by atoms with Gasteiger partial charge in [-0.2, -0.15) is 0 Å². The summed E-state index contributed by atoms with van der Waals surface area (Å²) >= 11 is 0. The molecule has 0 aromatic carbocycles. The second-order valence-corrected chi connectivity index (χ2v) is 9.29. The van der Waals surface area contributed by atoms with E-state index in [2.05, 4.69) is 16.0 Å². The predicted octanol–water partition coefficient (Wildman–Crippen LogP) is 1.48. The number of hydrogen-bond acceptors (Lipinski definition) is 8. The van der Waals surface area contributed by atoms with Crippen LogP contribution in [0.4, 0.5) is 0 Å². The summed E-state index contributed by atoms with van der Waals surface area (Å²) in [6.07, 6.45) is 9.74. The van der Waals surface area contributed by atoms with Crippen LogP contribution < -0.4 is 16.0 Å². The minimum Gasteiger partial charge on any atom is -0.481 e. The lowest BCUT2D eigenvalue weighted by Crippen LogP contribution is -2.41. The Labute approximate surface area is 236 Å². The standard InChI is InChI=1S/C27H46N3O10/c31-17-9-10-22(27(37)38)30-25(34)14-13-24(33)29-16-19-40-21-20-39-18-15-28-23(32)11-7-5-3-1-2-4-6-8-12-26(35)36/h22H,1-16,18-21H2,(H,28,32)(H,29,33)(H,30,34)(H,35,36)(H,37,38). The highest BCUT2D eigenvalue weighted by molar-refractivity contribution is 5.87. The first kappa shape index (κ1) is 36.9. The molecule has 0 saturated heterocycles. The monoisotopic (exact) mass is 572 g/mol. The third-order valence-corrected chi connectivity index (χ3v) is 5.80. The molecular formula is C27H46N3O10. The molecule has 40 heavy (non-hydrogen) atoms. The zero-order chi connectivity index (χ0) is 29.8. The van der Waals surface area contributed by atoms with Crippen LogP contribution in [0.1, 0.15) is 89.9 Å². The van der Waals surface area contributed by atoms with Crippen molar-refractivity contribution in [2.45, 2.75) is 95.9 Å². The Kier molecular flexibility index (Phi) is 24.2. The van der Waals surface area contributed by atoms with E-state index >= 15 is 0 Å². The molecule has 0 aliphatic carbocycles. The van der Waals surface area contributed by atoms with Gasteiger partial charge in [0.15, 0.2) is 6.29 Å². The summed E-state index contributed by atoms with van der Waals surface area (Å²) in [5.74, 6) is -2.95. The van der Waals surface area contributed by atoms with Crippen LogP contribution in [0.2, 0.25) is 0 Å².